The first-order chi connectivity index (χ1) is 13.2. The summed E-state index contributed by atoms with van der Waals surface area (Å²) in [5.74, 6) is 1.70. The van der Waals surface area contributed by atoms with Gasteiger partial charge in [0.25, 0.3) is 0 Å². The average molecular weight is 367 g/mol. The van der Waals surface area contributed by atoms with Crippen LogP contribution in [0.1, 0.15) is 49.4 Å². The van der Waals surface area contributed by atoms with Crippen LogP contribution in [0.5, 0.6) is 0 Å². The van der Waals surface area contributed by atoms with Crippen LogP contribution in [0.4, 0.5) is 0 Å². The number of hydrogen-bond acceptors (Lipinski definition) is 3. The first-order valence-corrected chi connectivity index (χ1v) is 10.1. The van der Waals surface area contributed by atoms with Crippen molar-refractivity contribution in [3.8, 4) is 0 Å². The van der Waals surface area contributed by atoms with Crippen molar-refractivity contribution in [2.45, 2.75) is 44.6 Å². The number of amides is 1. The van der Waals surface area contributed by atoms with Gasteiger partial charge in [-0.1, -0.05) is 36.8 Å². The van der Waals surface area contributed by atoms with Crippen LogP contribution in [0.3, 0.4) is 0 Å². The number of rotatable bonds is 6. The van der Waals surface area contributed by atoms with Gasteiger partial charge in [-0.2, -0.15) is 0 Å². The predicted molar refractivity (Wildman–Crippen MR) is 104 cm³/mol. The Morgan fingerprint density at radius 2 is 2.07 bits per heavy atom. The zero-order valence-electron chi connectivity index (χ0n) is 16.1. The number of benzene rings is 1. The molecule has 2 heterocycles. The zero-order chi connectivity index (χ0) is 18.7. The first kappa shape index (κ1) is 18.2. The van der Waals surface area contributed by atoms with Crippen LogP contribution in [0.25, 0.3) is 0 Å². The lowest BCUT2D eigenvalue weighted by atomic mass is 9.68. The fourth-order valence-corrected chi connectivity index (χ4v) is 4.60. The number of methoxy groups -OCH3 is 1. The van der Waals surface area contributed by atoms with Gasteiger partial charge in [-0.15, -0.1) is 0 Å². The molecule has 1 amide bonds. The van der Waals surface area contributed by atoms with Crippen LogP contribution in [0.2, 0.25) is 0 Å². The Hall–Kier alpha value is -2.14. The average Bonchev–Trinajstić information content (AvgIpc) is 3.13. The summed E-state index contributed by atoms with van der Waals surface area (Å²) in [4.78, 5) is 19.9. The molecule has 144 valence electrons. The van der Waals surface area contributed by atoms with E-state index >= 15 is 0 Å². The summed E-state index contributed by atoms with van der Waals surface area (Å²) in [7, 11) is 1.70. The minimum Gasteiger partial charge on any atom is -0.384 e. The van der Waals surface area contributed by atoms with Crippen molar-refractivity contribution in [3.63, 3.8) is 0 Å². The van der Waals surface area contributed by atoms with E-state index in [4.69, 9.17) is 4.74 Å². The quantitative estimate of drug-likeness (QED) is 0.786. The predicted octanol–water partition coefficient (Wildman–Crippen LogP) is 3.45. The zero-order valence-corrected chi connectivity index (χ0v) is 16.1. The van der Waals surface area contributed by atoms with Crippen LogP contribution >= 0.6 is 0 Å². The molecule has 5 nitrogen and oxygen atoms in total. The fraction of sp³-hybridized carbons (Fsp3) is 0.545. The van der Waals surface area contributed by atoms with Crippen molar-refractivity contribution in [2.75, 3.05) is 26.8 Å². The number of ether oxygens (including phenoxy) is 1. The summed E-state index contributed by atoms with van der Waals surface area (Å²) in [6.45, 7) is 3.01. The third-order valence-electron chi connectivity index (χ3n) is 6.20. The number of carbonyl (C=O) groups is 1. The van der Waals surface area contributed by atoms with Crippen LogP contribution in [-0.2, 0) is 16.1 Å². The van der Waals surface area contributed by atoms with Crippen LogP contribution in [0, 0.1) is 5.41 Å². The molecule has 2 aliphatic rings. The Labute approximate surface area is 161 Å². The van der Waals surface area contributed by atoms with Crippen molar-refractivity contribution in [3.05, 3.63) is 54.1 Å². The molecule has 0 radical (unpaired) electrons. The second-order valence-electron chi connectivity index (χ2n) is 8.06. The highest BCUT2D eigenvalue weighted by molar-refractivity contribution is 5.84. The number of likely N-dealkylation sites (tertiary alicyclic amines) is 1. The molecule has 4 rings (SSSR count). The van der Waals surface area contributed by atoms with E-state index in [9.17, 15) is 4.79 Å². The molecule has 2 aromatic rings. The van der Waals surface area contributed by atoms with Gasteiger partial charge in [-0.25, -0.2) is 4.98 Å². The molecular formula is C22H29N3O2. The molecule has 5 heteroatoms. The van der Waals surface area contributed by atoms with Crippen molar-refractivity contribution in [1.29, 1.82) is 0 Å². The van der Waals surface area contributed by atoms with Gasteiger partial charge < -0.3 is 14.2 Å². The molecule has 1 aliphatic heterocycles. The standard InChI is InChI=1S/C22H29N3O2/c1-27-17-22(10-6-11-22)21(26)25-13-5-9-19(16-25)20-23-12-14-24(20)15-18-7-3-2-4-8-18/h2-4,7-8,12,14,19H,5-6,9-11,13,15-17H2,1H3/t19-/m1/s1. The molecule has 2 fully saturated rings. The Kier molecular flexibility index (Phi) is 5.30. The monoisotopic (exact) mass is 367 g/mol. The maximum atomic E-state index is 13.2. The molecule has 1 saturated carbocycles. The van der Waals surface area contributed by atoms with Crippen LogP contribution < -0.4 is 0 Å². The van der Waals surface area contributed by atoms with Gasteiger partial charge in [0, 0.05) is 45.1 Å². The summed E-state index contributed by atoms with van der Waals surface area (Å²) in [5.41, 5.74) is 1.00. The number of imidazole rings is 1. The molecule has 0 spiro atoms. The van der Waals surface area contributed by atoms with E-state index in [1.165, 1.54) is 5.56 Å². The van der Waals surface area contributed by atoms with Gasteiger partial charge in [0.2, 0.25) is 5.91 Å². The topological polar surface area (TPSA) is 47.4 Å². The molecule has 1 aliphatic carbocycles. The summed E-state index contributed by atoms with van der Waals surface area (Å²) >= 11 is 0. The SMILES string of the molecule is COCC1(C(=O)N2CCC[C@@H](c3nccn3Cc3ccccc3)C2)CCC1. The van der Waals surface area contributed by atoms with E-state index in [1.54, 1.807) is 7.11 Å². The van der Waals surface area contributed by atoms with Crippen LogP contribution in [-0.4, -0.2) is 47.2 Å². The highest BCUT2D eigenvalue weighted by atomic mass is 16.5. The maximum Gasteiger partial charge on any atom is 0.231 e. The summed E-state index contributed by atoms with van der Waals surface area (Å²) in [6.07, 6.45) is 9.13. The molecule has 1 atom stereocenters. The second-order valence-corrected chi connectivity index (χ2v) is 8.06. The van der Waals surface area contributed by atoms with Crippen molar-refractivity contribution in [2.24, 2.45) is 5.41 Å². The van der Waals surface area contributed by atoms with E-state index in [2.05, 4.69) is 44.9 Å². The molecular weight excluding hydrogens is 338 g/mol. The van der Waals surface area contributed by atoms with Gasteiger partial charge in [0.05, 0.1) is 12.0 Å². The van der Waals surface area contributed by atoms with Crippen molar-refractivity contribution >= 4 is 5.91 Å². The second kappa shape index (κ2) is 7.85. The number of carbonyl (C=O) groups excluding carboxylic acids is 1. The summed E-state index contributed by atoms with van der Waals surface area (Å²) in [5, 5.41) is 0. The van der Waals surface area contributed by atoms with Crippen molar-refractivity contribution < 1.29 is 9.53 Å². The Bertz CT molecular complexity index is 767. The molecule has 1 saturated heterocycles. The van der Waals surface area contributed by atoms with E-state index in [0.29, 0.717) is 18.4 Å². The van der Waals surface area contributed by atoms with Gasteiger partial charge >= 0.3 is 0 Å². The van der Waals surface area contributed by atoms with E-state index in [-0.39, 0.29) is 5.41 Å². The number of nitrogens with zero attached hydrogens (tertiary/aromatic N) is 3. The lowest BCUT2D eigenvalue weighted by molar-refractivity contribution is -0.153. The van der Waals surface area contributed by atoms with Crippen molar-refractivity contribution in [1.82, 2.24) is 14.5 Å². The molecule has 0 bridgehead atoms. The minimum absolute atomic E-state index is 0.268. The van der Waals surface area contributed by atoms with Gasteiger partial charge in [0.15, 0.2) is 0 Å². The number of hydrogen-bond donors (Lipinski definition) is 0. The Balaban J connectivity index is 1.48. The highest BCUT2D eigenvalue weighted by Gasteiger charge is 2.47. The van der Waals surface area contributed by atoms with E-state index in [0.717, 1.165) is 57.6 Å². The minimum atomic E-state index is -0.268. The van der Waals surface area contributed by atoms with E-state index in [1.807, 2.05) is 12.3 Å². The summed E-state index contributed by atoms with van der Waals surface area (Å²) in [6, 6.07) is 10.5. The molecule has 0 N–H and O–H groups in total. The molecule has 0 unspecified atom stereocenters. The number of aromatic nitrogens is 2. The maximum absolute atomic E-state index is 13.2. The van der Waals surface area contributed by atoms with Gasteiger partial charge in [-0.3, -0.25) is 4.79 Å². The van der Waals surface area contributed by atoms with Gasteiger partial charge in [-0.05, 0) is 31.2 Å². The van der Waals surface area contributed by atoms with E-state index < -0.39 is 0 Å². The number of piperidine rings is 1. The molecule has 1 aromatic carbocycles. The normalized spacial score (nSPS) is 21.7. The summed E-state index contributed by atoms with van der Waals surface area (Å²) < 4.78 is 7.62. The fourth-order valence-electron chi connectivity index (χ4n) is 4.60. The highest BCUT2D eigenvalue weighted by Crippen LogP contribution is 2.43. The van der Waals surface area contributed by atoms with Gasteiger partial charge in [0.1, 0.15) is 5.82 Å². The van der Waals surface area contributed by atoms with Crippen LogP contribution in [0.15, 0.2) is 42.7 Å². The third kappa shape index (κ3) is 3.65. The lowest BCUT2D eigenvalue weighted by Gasteiger charge is -2.45. The molecule has 1 aromatic heterocycles. The Morgan fingerprint density at radius 1 is 1.26 bits per heavy atom. The largest absolute Gasteiger partial charge is 0.384 e. The Morgan fingerprint density at radius 3 is 2.78 bits per heavy atom. The molecule has 27 heavy (non-hydrogen) atoms. The lowest BCUT2D eigenvalue weighted by Crippen LogP contribution is -2.52. The first-order valence-electron chi connectivity index (χ1n) is 10.1. The smallest absolute Gasteiger partial charge is 0.231 e. The third-order valence-corrected chi connectivity index (χ3v) is 6.20.